The molecule has 0 atom stereocenters. The molecule has 1 nitrogen and oxygen atoms in total. The Morgan fingerprint density at radius 2 is 2.19 bits per heavy atom. The Hall–Kier alpha value is -1.19. The van der Waals surface area contributed by atoms with Crippen molar-refractivity contribution in [1.29, 1.82) is 0 Å². The number of hydrogen-bond acceptors (Lipinski definition) is 2. The number of halogens is 1. The van der Waals surface area contributed by atoms with Crippen molar-refractivity contribution in [2.75, 3.05) is 6.54 Å². The van der Waals surface area contributed by atoms with Gasteiger partial charge in [0.15, 0.2) is 0 Å². The van der Waals surface area contributed by atoms with Crippen LogP contribution in [0.25, 0.3) is 10.4 Å². The summed E-state index contributed by atoms with van der Waals surface area (Å²) in [6.45, 7) is 3.66. The van der Waals surface area contributed by atoms with Crippen LogP contribution >= 0.6 is 11.3 Å². The molecule has 0 aliphatic rings. The summed E-state index contributed by atoms with van der Waals surface area (Å²) in [5, 5.41) is 5.14. The number of nitrogens with one attached hydrogen (secondary N) is 1. The summed E-state index contributed by atoms with van der Waals surface area (Å²) in [5.74, 6) is -0.141. The molecule has 16 heavy (non-hydrogen) atoms. The Morgan fingerprint density at radius 3 is 2.81 bits per heavy atom. The molecule has 1 heterocycles. The van der Waals surface area contributed by atoms with E-state index < -0.39 is 0 Å². The molecule has 2 aromatic rings. The maximum absolute atomic E-state index is 13.8. The zero-order chi connectivity index (χ0) is 11.4. The molecule has 2 rings (SSSR count). The first-order valence-corrected chi connectivity index (χ1v) is 6.22. The van der Waals surface area contributed by atoms with Crippen molar-refractivity contribution in [2.45, 2.75) is 13.5 Å². The molecule has 84 valence electrons. The molecule has 0 saturated carbocycles. The van der Waals surface area contributed by atoms with Crippen molar-refractivity contribution in [3.05, 3.63) is 47.1 Å². The van der Waals surface area contributed by atoms with E-state index in [2.05, 4.69) is 5.32 Å². The molecule has 0 amide bonds. The minimum atomic E-state index is -0.141. The van der Waals surface area contributed by atoms with Gasteiger partial charge in [-0.25, -0.2) is 4.39 Å². The maximum atomic E-state index is 13.8. The lowest BCUT2D eigenvalue weighted by Crippen LogP contribution is -2.11. The molecule has 0 bridgehead atoms. The molecule has 3 heteroatoms. The minimum absolute atomic E-state index is 0.141. The van der Waals surface area contributed by atoms with Gasteiger partial charge < -0.3 is 5.32 Å². The van der Waals surface area contributed by atoms with Crippen molar-refractivity contribution in [1.82, 2.24) is 5.32 Å². The lowest BCUT2D eigenvalue weighted by molar-refractivity contribution is 0.625. The minimum Gasteiger partial charge on any atom is -0.313 e. The van der Waals surface area contributed by atoms with Gasteiger partial charge in [0.1, 0.15) is 5.82 Å². The summed E-state index contributed by atoms with van der Waals surface area (Å²) in [6.07, 6.45) is 0. The van der Waals surface area contributed by atoms with E-state index in [0.717, 1.165) is 23.5 Å². The van der Waals surface area contributed by atoms with Gasteiger partial charge in [0.2, 0.25) is 0 Å². The zero-order valence-electron chi connectivity index (χ0n) is 9.16. The van der Waals surface area contributed by atoms with E-state index in [1.807, 2.05) is 36.6 Å². The molecule has 0 aliphatic carbocycles. The van der Waals surface area contributed by atoms with Crippen LogP contribution in [0.2, 0.25) is 0 Å². The van der Waals surface area contributed by atoms with Gasteiger partial charge in [0, 0.05) is 17.0 Å². The zero-order valence-corrected chi connectivity index (χ0v) is 9.98. The number of benzene rings is 1. The van der Waals surface area contributed by atoms with Gasteiger partial charge in [-0.05, 0) is 29.6 Å². The SMILES string of the molecule is CCNCc1ccc(-c2cccs2)c(F)c1. The first-order chi connectivity index (χ1) is 7.81. The highest BCUT2D eigenvalue weighted by molar-refractivity contribution is 7.13. The Morgan fingerprint density at radius 1 is 1.31 bits per heavy atom. The van der Waals surface area contributed by atoms with Gasteiger partial charge in [-0.15, -0.1) is 11.3 Å². The summed E-state index contributed by atoms with van der Waals surface area (Å²) < 4.78 is 13.8. The molecule has 0 radical (unpaired) electrons. The van der Waals surface area contributed by atoms with E-state index in [-0.39, 0.29) is 5.82 Å². The molecule has 0 fully saturated rings. The molecular weight excluding hydrogens is 221 g/mol. The number of thiophene rings is 1. The number of hydrogen-bond donors (Lipinski definition) is 1. The third-order valence-corrected chi connectivity index (χ3v) is 3.30. The van der Waals surface area contributed by atoms with Crippen LogP contribution < -0.4 is 5.32 Å². The van der Waals surface area contributed by atoms with Gasteiger partial charge in [-0.1, -0.05) is 25.1 Å². The largest absolute Gasteiger partial charge is 0.313 e. The average Bonchev–Trinajstić information content (AvgIpc) is 2.80. The highest BCUT2D eigenvalue weighted by Crippen LogP contribution is 2.27. The third kappa shape index (κ3) is 2.49. The van der Waals surface area contributed by atoms with Crippen LogP contribution in [0, 0.1) is 5.82 Å². The summed E-state index contributed by atoms with van der Waals surface area (Å²) >= 11 is 1.56. The van der Waals surface area contributed by atoms with Gasteiger partial charge >= 0.3 is 0 Å². The predicted molar refractivity (Wildman–Crippen MR) is 67.1 cm³/mol. The van der Waals surface area contributed by atoms with Crippen LogP contribution in [0.1, 0.15) is 12.5 Å². The van der Waals surface area contributed by atoms with E-state index in [1.165, 1.54) is 0 Å². The Kier molecular flexibility index (Phi) is 3.70. The molecule has 0 spiro atoms. The van der Waals surface area contributed by atoms with Crippen molar-refractivity contribution in [3.63, 3.8) is 0 Å². The fourth-order valence-electron chi connectivity index (χ4n) is 1.57. The summed E-state index contributed by atoms with van der Waals surface area (Å²) in [6, 6.07) is 9.31. The first kappa shape index (κ1) is 11.3. The second-order valence-corrected chi connectivity index (χ2v) is 4.52. The van der Waals surface area contributed by atoms with Gasteiger partial charge in [-0.2, -0.15) is 0 Å². The summed E-state index contributed by atoms with van der Waals surface area (Å²) in [7, 11) is 0. The highest BCUT2D eigenvalue weighted by atomic mass is 32.1. The normalized spacial score (nSPS) is 10.6. The lowest BCUT2D eigenvalue weighted by Gasteiger charge is -2.05. The third-order valence-electron chi connectivity index (χ3n) is 2.40. The molecular formula is C13H14FNS. The van der Waals surface area contributed by atoms with Crippen molar-refractivity contribution in [3.8, 4) is 10.4 Å². The maximum Gasteiger partial charge on any atom is 0.132 e. The van der Waals surface area contributed by atoms with E-state index in [1.54, 1.807) is 17.4 Å². The van der Waals surface area contributed by atoms with Crippen molar-refractivity contribution >= 4 is 11.3 Å². The number of rotatable bonds is 4. The van der Waals surface area contributed by atoms with E-state index in [0.29, 0.717) is 5.56 Å². The van der Waals surface area contributed by atoms with Crippen LogP contribution in [-0.4, -0.2) is 6.54 Å². The lowest BCUT2D eigenvalue weighted by atomic mass is 10.1. The predicted octanol–water partition coefficient (Wildman–Crippen LogP) is 3.66. The van der Waals surface area contributed by atoms with Gasteiger partial charge in [-0.3, -0.25) is 0 Å². The quantitative estimate of drug-likeness (QED) is 0.852. The van der Waals surface area contributed by atoms with Gasteiger partial charge in [0.05, 0.1) is 0 Å². The monoisotopic (exact) mass is 235 g/mol. The molecule has 0 unspecified atom stereocenters. The fourth-order valence-corrected chi connectivity index (χ4v) is 2.32. The molecule has 1 aromatic carbocycles. The Bertz CT molecular complexity index is 451. The molecule has 0 saturated heterocycles. The van der Waals surface area contributed by atoms with Crippen LogP contribution in [0.5, 0.6) is 0 Å². The fraction of sp³-hybridized carbons (Fsp3) is 0.231. The molecule has 1 N–H and O–H groups in total. The molecule has 1 aromatic heterocycles. The van der Waals surface area contributed by atoms with Crippen LogP contribution in [0.4, 0.5) is 4.39 Å². The van der Waals surface area contributed by atoms with Crippen LogP contribution in [-0.2, 0) is 6.54 Å². The standard InChI is InChI=1S/C13H14FNS/c1-2-15-9-10-5-6-11(12(14)8-10)13-4-3-7-16-13/h3-8,15H,2,9H2,1H3. The molecule has 0 aliphatic heterocycles. The van der Waals surface area contributed by atoms with Gasteiger partial charge in [0.25, 0.3) is 0 Å². The smallest absolute Gasteiger partial charge is 0.132 e. The van der Waals surface area contributed by atoms with Crippen molar-refractivity contribution < 1.29 is 4.39 Å². The highest BCUT2D eigenvalue weighted by Gasteiger charge is 2.06. The summed E-state index contributed by atoms with van der Waals surface area (Å²) in [4.78, 5) is 0.979. The summed E-state index contributed by atoms with van der Waals surface area (Å²) in [5.41, 5.74) is 1.68. The average molecular weight is 235 g/mol. The van der Waals surface area contributed by atoms with E-state index in [4.69, 9.17) is 0 Å². The first-order valence-electron chi connectivity index (χ1n) is 5.34. The van der Waals surface area contributed by atoms with E-state index >= 15 is 0 Å². The van der Waals surface area contributed by atoms with Crippen molar-refractivity contribution in [2.24, 2.45) is 0 Å². The Labute approximate surface area is 98.9 Å². The second-order valence-electron chi connectivity index (χ2n) is 3.57. The second kappa shape index (κ2) is 5.23. The Balaban J connectivity index is 2.23. The van der Waals surface area contributed by atoms with Crippen LogP contribution in [0.15, 0.2) is 35.7 Å². The topological polar surface area (TPSA) is 12.0 Å². The van der Waals surface area contributed by atoms with Crippen LogP contribution in [0.3, 0.4) is 0 Å². The van der Waals surface area contributed by atoms with E-state index in [9.17, 15) is 4.39 Å².